The van der Waals surface area contributed by atoms with Crippen molar-refractivity contribution in [2.75, 3.05) is 18.6 Å². The molecule has 8 nitrogen and oxygen atoms in total. The smallest absolute Gasteiger partial charge is 0.286 e. The number of thioether (sulfide) groups is 1. The van der Waals surface area contributed by atoms with Crippen LogP contribution in [0.25, 0.3) is 5.65 Å². The third kappa shape index (κ3) is 5.13. The van der Waals surface area contributed by atoms with Crippen molar-refractivity contribution in [3.05, 3.63) is 54.4 Å². The third-order valence-electron chi connectivity index (χ3n) is 4.21. The van der Waals surface area contributed by atoms with Crippen molar-refractivity contribution in [3.63, 3.8) is 0 Å². The lowest BCUT2D eigenvalue weighted by Gasteiger charge is -2.17. The Morgan fingerprint density at radius 3 is 2.93 bits per heavy atom. The molecule has 0 radical (unpaired) electrons. The summed E-state index contributed by atoms with van der Waals surface area (Å²) in [6, 6.07) is 8.74. The van der Waals surface area contributed by atoms with Gasteiger partial charge >= 0.3 is 0 Å². The summed E-state index contributed by atoms with van der Waals surface area (Å²) in [6.07, 6.45) is 6.98. The van der Waals surface area contributed by atoms with Gasteiger partial charge in [0.2, 0.25) is 5.91 Å². The number of carbonyl (C=O) groups is 2. The van der Waals surface area contributed by atoms with E-state index in [1.54, 1.807) is 23.9 Å². The highest BCUT2D eigenvalue weighted by Gasteiger charge is 2.20. The molecule has 3 aromatic rings. The molecule has 148 valence electrons. The number of pyridine rings is 1. The van der Waals surface area contributed by atoms with Crippen LogP contribution in [0.15, 0.2) is 47.2 Å². The van der Waals surface area contributed by atoms with E-state index in [9.17, 15) is 9.59 Å². The maximum Gasteiger partial charge on any atom is 0.286 e. The van der Waals surface area contributed by atoms with Gasteiger partial charge in [0.15, 0.2) is 17.2 Å². The zero-order valence-electron chi connectivity index (χ0n) is 15.6. The third-order valence-corrected chi connectivity index (χ3v) is 4.85. The molecule has 0 bridgehead atoms. The molecule has 0 saturated heterocycles. The van der Waals surface area contributed by atoms with Crippen molar-refractivity contribution in [2.45, 2.75) is 25.3 Å². The molecule has 1 unspecified atom stereocenters. The van der Waals surface area contributed by atoms with Crippen LogP contribution in [0.4, 0.5) is 0 Å². The zero-order valence-corrected chi connectivity index (χ0v) is 16.4. The first-order chi connectivity index (χ1) is 13.7. The zero-order chi connectivity index (χ0) is 19.8. The first-order valence-electron chi connectivity index (χ1n) is 9.08. The van der Waals surface area contributed by atoms with Crippen LogP contribution >= 0.6 is 11.8 Å². The average Bonchev–Trinajstić information content (AvgIpc) is 3.38. The van der Waals surface area contributed by atoms with E-state index in [-0.39, 0.29) is 23.6 Å². The molecule has 0 aliphatic heterocycles. The number of furan rings is 1. The Morgan fingerprint density at radius 1 is 1.25 bits per heavy atom. The number of nitrogens with one attached hydrogen (secondary N) is 2. The van der Waals surface area contributed by atoms with E-state index < -0.39 is 0 Å². The average molecular weight is 401 g/mol. The van der Waals surface area contributed by atoms with Crippen LogP contribution in [0.5, 0.6) is 0 Å². The number of hydrogen-bond acceptors (Lipinski definition) is 6. The number of hydrogen-bond donors (Lipinski definition) is 2. The van der Waals surface area contributed by atoms with Crippen LogP contribution in [0.2, 0.25) is 0 Å². The first-order valence-corrected chi connectivity index (χ1v) is 10.5. The van der Waals surface area contributed by atoms with Crippen molar-refractivity contribution in [1.29, 1.82) is 0 Å². The fourth-order valence-electron chi connectivity index (χ4n) is 2.81. The van der Waals surface area contributed by atoms with E-state index in [1.807, 2.05) is 35.1 Å². The van der Waals surface area contributed by atoms with E-state index >= 15 is 0 Å². The normalized spacial score (nSPS) is 12.0. The van der Waals surface area contributed by atoms with Gasteiger partial charge in [0.1, 0.15) is 0 Å². The lowest BCUT2D eigenvalue weighted by atomic mass is 10.2. The van der Waals surface area contributed by atoms with Gasteiger partial charge in [-0.1, -0.05) is 6.07 Å². The number of carbonyl (C=O) groups excluding carboxylic acids is 2. The molecule has 0 spiro atoms. The molecule has 2 N–H and O–H groups in total. The summed E-state index contributed by atoms with van der Waals surface area (Å²) in [5, 5.41) is 14.2. The second kappa shape index (κ2) is 9.93. The van der Waals surface area contributed by atoms with Gasteiger partial charge in [-0.25, -0.2) is 0 Å². The maximum atomic E-state index is 12.4. The Morgan fingerprint density at radius 2 is 2.14 bits per heavy atom. The Kier molecular flexibility index (Phi) is 7.07. The summed E-state index contributed by atoms with van der Waals surface area (Å²) in [4.78, 5) is 24.2. The number of fused-ring (bicyclic) bond motifs is 1. The van der Waals surface area contributed by atoms with Gasteiger partial charge < -0.3 is 15.1 Å². The highest BCUT2D eigenvalue weighted by Crippen LogP contribution is 2.18. The number of amides is 2. The summed E-state index contributed by atoms with van der Waals surface area (Å²) < 4.78 is 6.93. The van der Waals surface area contributed by atoms with Gasteiger partial charge in [-0.05, 0) is 49.1 Å². The standard InChI is InChI=1S/C19H23N5O3S/c1-28-13-9-14(18-23-22-16-7-2-3-11-24(16)18)21-17(25)8-4-10-20-19(26)15-6-5-12-27-15/h2-3,5-7,11-12,14H,4,8-10,13H2,1H3,(H,20,26)(H,21,25). The van der Waals surface area contributed by atoms with Gasteiger partial charge in [0.05, 0.1) is 12.3 Å². The van der Waals surface area contributed by atoms with Crippen molar-refractivity contribution >= 4 is 29.2 Å². The molecular formula is C19H23N5O3S. The van der Waals surface area contributed by atoms with Crippen molar-refractivity contribution in [2.24, 2.45) is 0 Å². The molecule has 2 amide bonds. The van der Waals surface area contributed by atoms with E-state index in [2.05, 4.69) is 20.8 Å². The quantitative estimate of drug-likeness (QED) is 0.506. The summed E-state index contributed by atoms with van der Waals surface area (Å²) in [5.41, 5.74) is 0.751. The molecule has 0 aliphatic rings. The Labute approximate surface area is 167 Å². The van der Waals surface area contributed by atoms with Crippen molar-refractivity contribution in [3.8, 4) is 0 Å². The topological polar surface area (TPSA) is 102 Å². The fraction of sp³-hybridized carbons (Fsp3) is 0.368. The van der Waals surface area contributed by atoms with Crippen LogP contribution in [0.1, 0.15) is 41.7 Å². The minimum atomic E-state index is -0.279. The predicted molar refractivity (Wildman–Crippen MR) is 107 cm³/mol. The molecule has 1 atom stereocenters. The molecule has 0 aromatic carbocycles. The Bertz CT molecular complexity index is 909. The Balaban J connectivity index is 1.52. The molecule has 28 heavy (non-hydrogen) atoms. The summed E-state index contributed by atoms with van der Waals surface area (Å²) in [5.74, 6) is 1.53. The lowest BCUT2D eigenvalue weighted by molar-refractivity contribution is -0.122. The number of aromatic nitrogens is 3. The van der Waals surface area contributed by atoms with Crippen LogP contribution in [-0.2, 0) is 4.79 Å². The molecule has 3 heterocycles. The van der Waals surface area contributed by atoms with Crippen LogP contribution in [0, 0.1) is 0 Å². The highest BCUT2D eigenvalue weighted by molar-refractivity contribution is 7.98. The van der Waals surface area contributed by atoms with Crippen molar-refractivity contribution in [1.82, 2.24) is 25.2 Å². The van der Waals surface area contributed by atoms with Crippen LogP contribution in [-0.4, -0.2) is 45.0 Å². The van der Waals surface area contributed by atoms with Crippen LogP contribution < -0.4 is 10.6 Å². The molecule has 0 fully saturated rings. The second-order valence-corrected chi connectivity index (χ2v) is 7.21. The fourth-order valence-corrected chi connectivity index (χ4v) is 3.28. The van der Waals surface area contributed by atoms with E-state index in [0.717, 1.165) is 23.6 Å². The summed E-state index contributed by atoms with van der Waals surface area (Å²) in [6.45, 7) is 0.399. The first kappa shape index (κ1) is 19.9. The van der Waals surface area contributed by atoms with Gasteiger partial charge in [-0.15, -0.1) is 10.2 Å². The molecule has 9 heteroatoms. The molecule has 0 aliphatic carbocycles. The van der Waals surface area contributed by atoms with Gasteiger partial charge in [0, 0.05) is 19.2 Å². The largest absolute Gasteiger partial charge is 0.459 e. The van der Waals surface area contributed by atoms with E-state index in [4.69, 9.17) is 4.42 Å². The lowest BCUT2D eigenvalue weighted by Crippen LogP contribution is -2.31. The Hall–Kier alpha value is -2.81. The van der Waals surface area contributed by atoms with Gasteiger partial charge in [0.25, 0.3) is 5.91 Å². The minimum absolute atomic E-state index is 0.0777. The number of nitrogens with zero attached hydrogens (tertiary/aromatic N) is 3. The minimum Gasteiger partial charge on any atom is -0.459 e. The maximum absolute atomic E-state index is 12.4. The molecular weight excluding hydrogens is 378 g/mol. The number of rotatable bonds is 10. The molecule has 3 aromatic heterocycles. The van der Waals surface area contributed by atoms with Crippen LogP contribution in [0.3, 0.4) is 0 Å². The monoisotopic (exact) mass is 401 g/mol. The van der Waals surface area contributed by atoms with E-state index in [0.29, 0.717) is 19.4 Å². The van der Waals surface area contributed by atoms with Gasteiger partial charge in [-0.2, -0.15) is 11.8 Å². The second-order valence-electron chi connectivity index (χ2n) is 6.23. The van der Waals surface area contributed by atoms with Crippen molar-refractivity contribution < 1.29 is 14.0 Å². The molecule has 0 saturated carbocycles. The SMILES string of the molecule is CSCCC(NC(=O)CCCNC(=O)c1ccco1)c1nnc2ccccn12. The predicted octanol–water partition coefficient (Wildman–Crippen LogP) is 2.44. The molecule has 3 rings (SSSR count). The highest BCUT2D eigenvalue weighted by atomic mass is 32.2. The van der Waals surface area contributed by atoms with Gasteiger partial charge in [-0.3, -0.25) is 14.0 Å². The summed E-state index contributed by atoms with van der Waals surface area (Å²) in [7, 11) is 0. The van der Waals surface area contributed by atoms with E-state index in [1.165, 1.54) is 6.26 Å². The summed E-state index contributed by atoms with van der Waals surface area (Å²) >= 11 is 1.72.